The fraction of sp³-hybridized carbons (Fsp3) is 0.867. The second-order valence-corrected chi connectivity index (χ2v) is 7.34. The van der Waals surface area contributed by atoms with E-state index in [0.717, 1.165) is 0 Å². The molecule has 1 amide bonds. The molecule has 0 spiro atoms. The van der Waals surface area contributed by atoms with E-state index in [-0.39, 0.29) is 29.4 Å². The van der Waals surface area contributed by atoms with Crippen molar-refractivity contribution in [3.63, 3.8) is 0 Å². The van der Waals surface area contributed by atoms with E-state index in [2.05, 4.69) is 0 Å². The van der Waals surface area contributed by atoms with E-state index in [1.54, 1.807) is 11.9 Å². The Morgan fingerprint density at radius 1 is 1.11 bits per heavy atom. The average molecular weight is 270 g/mol. The number of hydrogen-bond acceptors (Lipinski definition) is 3. The topological polar surface area (TPSA) is 63.4 Å². The van der Waals surface area contributed by atoms with Crippen molar-refractivity contribution in [1.82, 2.24) is 4.90 Å². The first-order valence-electron chi connectivity index (χ1n) is 6.89. The van der Waals surface area contributed by atoms with Crippen molar-refractivity contribution in [2.45, 2.75) is 48.0 Å². The molecular weight excluding hydrogens is 240 g/mol. The van der Waals surface area contributed by atoms with Crippen LogP contribution in [0.5, 0.6) is 0 Å². The minimum absolute atomic E-state index is 0.0111. The van der Waals surface area contributed by atoms with Gasteiger partial charge >= 0.3 is 0 Å². The maximum Gasteiger partial charge on any atom is 0.223 e. The summed E-state index contributed by atoms with van der Waals surface area (Å²) in [6.07, 6.45) is 0.260. The predicted molar refractivity (Wildman–Crippen MR) is 78.7 cm³/mol. The number of nitrogens with zero attached hydrogens (tertiary/aromatic N) is 1. The Labute approximate surface area is 117 Å². The molecule has 0 bridgehead atoms. The Bertz CT molecular complexity index is 324. The van der Waals surface area contributed by atoms with E-state index < -0.39 is 5.41 Å². The second kappa shape index (κ2) is 6.51. The van der Waals surface area contributed by atoms with Gasteiger partial charge in [0.2, 0.25) is 5.91 Å². The Kier molecular flexibility index (Phi) is 6.20. The number of hydrogen-bond donors (Lipinski definition) is 1. The highest BCUT2D eigenvalue weighted by molar-refractivity contribution is 5.90. The molecule has 0 aromatic rings. The molecule has 0 aliphatic rings. The number of ketones is 1. The van der Waals surface area contributed by atoms with E-state index in [1.807, 2.05) is 41.5 Å². The van der Waals surface area contributed by atoms with Crippen LogP contribution in [0.4, 0.5) is 0 Å². The van der Waals surface area contributed by atoms with Gasteiger partial charge in [0.1, 0.15) is 5.78 Å². The molecule has 0 saturated heterocycles. The van der Waals surface area contributed by atoms with Crippen LogP contribution in [0.2, 0.25) is 0 Å². The Morgan fingerprint density at radius 2 is 1.58 bits per heavy atom. The first kappa shape index (κ1) is 18.1. The predicted octanol–water partition coefficient (Wildman–Crippen LogP) is 2.07. The summed E-state index contributed by atoms with van der Waals surface area (Å²) in [5.41, 5.74) is 4.81. The third-order valence-corrected chi connectivity index (χ3v) is 3.37. The zero-order valence-electron chi connectivity index (χ0n) is 13.5. The fourth-order valence-electron chi connectivity index (χ4n) is 1.96. The molecule has 0 aromatic carbocycles. The van der Waals surface area contributed by atoms with E-state index in [4.69, 9.17) is 5.73 Å². The van der Waals surface area contributed by atoms with Gasteiger partial charge in [0.15, 0.2) is 0 Å². The van der Waals surface area contributed by atoms with E-state index in [0.29, 0.717) is 13.1 Å². The molecular formula is C15H30N2O2. The summed E-state index contributed by atoms with van der Waals surface area (Å²) < 4.78 is 0. The molecule has 0 saturated carbocycles. The van der Waals surface area contributed by atoms with Gasteiger partial charge in [-0.2, -0.15) is 0 Å². The summed E-state index contributed by atoms with van der Waals surface area (Å²) in [5.74, 6) is -0.127. The molecule has 1 atom stereocenters. The van der Waals surface area contributed by atoms with Crippen LogP contribution in [0.1, 0.15) is 48.0 Å². The number of nitrogens with two attached hydrogens (primary N) is 1. The molecule has 0 radical (unpaired) electrons. The summed E-state index contributed by atoms with van der Waals surface area (Å²) in [7, 11) is 1.73. The zero-order valence-corrected chi connectivity index (χ0v) is 13.5. The molecule has 0 aliphatic heterocycles. The number of Topliss-reactive ketones (excluding diaryl/α,β-unsaturated/α-hetero) is 1. The monoisotopic (exact) mass is 270 g/mol. The number of rotatable bonds is 5. The van der Waals surface area contributed by atoms with Gasteiger partial charge in [-0.25, -0.2) is 0 Å². The standard InChI is InChI=1S/C15H30N2O2/c1-14(2,3)11(13(19)15(4,5)6)10-12(18)17(7)9-8-16/h11H,8-10,16H2,1-7H3. The molecule has 112 valence electrons. The minimum Gasteiger partial charge on any atom is -0.344 e. The van der Waals surface area contributed by atoms with Gasteiger partial charge in [-0.1, -0.05) is 41.5 Å². The van der Waals surface area contributed by atoms with Crippen molar-refractivity contribution >= 4 is 11.7 Å². The molecule has 0 fully saturated rings. The summed E-state index contributed by atoms with van der Waals surface area (Å²) in [6, 6.07) is 0. The molecule has 4 nitrogen and oxygen atoms in total. The van der Waals surface area contributed by atoms with Crippen LogP contribution < -0.4 is 5.73 Å². The van der Waals surface area contributed by atoms with Crippen LogP contribution in [-0.2, 0) is 9.59 Å². The number of carbonyl (C=O) groups is 2. The van der Waals surface area contributed by atoms with Crippen LogP contribution in [0.25, 0.3) is 0 Å². The first-order chi connectivity index (χ1) is 8.41. The molecule has 1 unspecified atom stereocenters. The highest BCUT2D eigenvalue weighted by atomic mass is 16.2. The SMILES string of the molecule is CN(CCN)C(=O)CC(C(=O)C(C)(C)C)C(C)(C)C. The van der Waals surface area contributed by atoms with Gasteiger partial charge in [-0.15, -0.1) is 0 Å². The van der Waals surface area contributed by atoms with Gasteiger partial charge in [-0.3, -0.25) is 9.59 Å². The normalized spacial score (nSPS) is 14.1. The van der Waals surface area contributed by atoms with Gasteiger partial charge in [0.25, 0.3) is 0 Å². The molecule has 19 heavy (non-hydrogen) atoms. The van der Waals surface area contributed by atoms with Crippen molar-refractivity contribution in [3.8, 4) is 0 Å². The summed E-state index contributed by atoms with van der Waals surface area (Å²) in [5, 5.41) is 0. The lowest BCUT2D eigenvalue weighted by atomic mass is 9.69. The lowest BCUT2D eigenvalue weighted by Crippen LogP contribution is -2.41. The Balaban J connectivity index is 5.02. The minimum atomic E-state index is -0.426. The van der Waals surface area contributed by atoms with Gasteiger partial charge in [0, 0.05) is 37.9 Å². The molecule has 4 heteroatoms. The van der Waals surface area contributed by atoms with Crippen molar-refractivity contribution in [2.75, 3.05) is 20.1 Å². The van der Waals surface area contributed by atoms with E-state index >= 15 is 0 Å². The lowest BCUT2D eigenvalue weighted by Gasteiger charge is -2.34. The molecule has 0 aromatic heterocycles. The summed E-state index contributed by atoms with van der Waals surface area (Å²) in [6.45, 7) is 12.7. The van der Waals surface area contributed by atoms with Crippen LogP contribution >= 0.6 is 0 Å². The molecule has 2 N–H and O–H groups in total. The van der Waals surface area contributed by atoms with Crippen molar-refractivity contribution in [3.05, 3.63) is 0 Å². The van der Waals surface area contributed by atoms with Crippen LogP contribution in [0.15, 0.2) is 0 Å². The van der Waals surface area contributed by atoms with E-state index in [9.17, 15) is 9.59 Å². The molecule has 0 aliphatic carbocycles. The van der Waals surface area contributed by atoms with Crippen molar-refractivity contribution < 1.29 is 9.59 Å². The van der Waals surface area contributed by atoms with Crippen LogP contribution in [0.3, 0.4) is 0 Å². The highest BCUT2D eigenvalue weighted by Crippen LogP contribution is 2.35. The highest BCUT2D eigenvalue weighted by Gasteiger charge is 2.38. The smallest absolute Gasteiger partial charge is 0.223 e. The number of carbonyl (C=O) groups excluding carboxylic acids is 2. The number of likely N-dealkylation sites (N-methyl/N-ethyl adjacent to an activating group) is 1. The summed E-state index contributed by atoms with van der Waals surface area (Å²) >= 11 is 0. The van der Waals surface area contributed by atoms with E-state index in [1.165, 1.54) is 0 Å². The molecule has 0 rings (SSSR count). The van der Waals surface area contributed by atoms with Gasteiger partial charge in [-0.05, 0) is 5.41 Å². The fourth-order valence-corrected chi connectivity index (χ4v) is 1.96. The third-order valence-electron chi connectivity index (χ3n) is 3.37. The maximum absolute atomic E-state index is 12.5. The largest absolute Gasteiger partial charge is 0.344 e. The first-order valence-corrected chi connectivity index (χ1v) is 6.89. The van der Waals surface area contributed by atoms with Crippen LogP contribution in [-0.4, -0.2) is 36.7 Å². The summed E-state index contributed by atoms with van der Waals surface area (Å²) in [4.78, 5) is 26.3. The second-order valence-electron chi connectivity index (χ2n) is 7.34. The lowest BCUT2D eigenvalue weighted by molar-refractivity contribution is -0.141. The van der Waals surface area contributed by atoms with Crippen molar-refractivity contribution in [1.29, 1.82) is 0 Å². The maximum atomic E-state index is 12.5. The molecule has 0 heterocycles. The number of amides is 1. The zero-order chi connectivity index (χ0) is 15.4. The average Bonchev–Trinajstić information content (AvgIpc) is 2.21. The Hall–Kier alpha value is -0.900. The van der Waals surface area contributed by atoms with Crippen LogP contribution in [0, 0.1) is 16.7 Å². The van der Waals surface area contributed by atoms with Crippen molar-refractivity contribution in [2.24, 2.45) is 22.5 Å². The van der Waals surface area contributed by atoms with Gasteiger partial charge < -0.3 is 10.6 Å². The quantitative estimate of drug-likeness (QED) is 0.832. The van der Waals surface area contributed by atoms with Gasteiger partial charge in [0.05, 0.1) is 0 Å². The third kappa shape index (κ3) is 5.72. The Morgan fingerprint density at radius 3 is 1.89 bits per heavy atom.